The average molecular weight is 242 g/mol. The monoisotopic (exact) mass is 242 g/mol. The molecule has 0 saturated heterocycles. The lowest BCUT2D eigenvalue weighted by Crippen LogP contribution is -2.86. The van der Waals surface area contributed by atoms with E-state index >= 15 is 0 Å². The highest BCUT2D eigenvalue weighted by Gasteiger charge is 2.96. The van der Waals surface area contributed by atoms with Gasteiger partial charge in [0.1, 0.15) is 0 Å². The first kappa shape index (κ1) is 9.83. The summed E-state index contributed by atoms with van der Waals surface area (Å²) >= 11 is 0. The molecule has 6 fully saturated rings. The number of rotatable bonds is 0. The quantitative estimate of drug-likeness (QED) is 0.592. The Balaban J connectivity index is 1.68. The van der Waals surface area contributed by atoms with Crippen molar-refractivity contribution in [1.82, 2.24) is 0 Å². The van der Waals surface area contributed by atoms with Gasteiger partial charge in [-0.05, 0) is 82.9 Å². The van der Waals surface area contributed by atoms with Crippen molar-refractivity contribution < 1.29 is 0 Å². The van der Waals surface area contributed by atoms with Crippen molar-refractivity contribution in [3.8, 4) is 0 Å². The minimum Gasteiger partial charge on any atom is -0.0619 e. The van der Waals surface area contributed by atoms with Gasteiger partial charge in [-0.3, -0.25) is 0 Å². The van der Waals surface area contributed by atoms with Crippen molar-refractivity contribution in [2.45, 2.75) is 53.4 Å². The molecule has 6 aliphatic carbocycles. The van der Waals surface area contributed by atoms with Gasteiger partial charge < -0.3 is 0 Å². The Morgan fingerprint density at radius 2 is 1.56 bits per heavy atom. The predicted molar refractivity (Wildman–Crippen MR) is 71.8 cm³/mol. The van der Waals surface area contributed by atoms with Crippen LogP contribution in [0.2, 0.25) is 0 Å². The first-order chi connectivity index (χ1) is 8.43. The average Bonchev–Trinajstić information content (AvgIpc) is 2.44. The second-order valence-electron chi connectivity index (χ2n) is 9.79. The van der Waals surface area contributed by atoms with E-state index in [0.29, 0.717) is 0 Å². The Morgan fingerprint density at radius 1 is 0.889 bits per heavy atom. The van der Waals surface area contributed by atoms with Crippen molar-refractivity contribution in [2.24, 2.45) is 57.2 Å². The molecule has 6 saturated carbocycles. The van der Waals surface area contributed by atoms with E-state index in [9.17, 15) is 0 Å². The first-order valence-corrected chi connectivity index (χ1v) is 8.43. The van der Waals surface area contributed by atoms with Gasteiger partial charge in [-0.25, -0.2) is 0 Å². The van der Waals surface area contributed by atoms with E-state index in [1.807, 2.05) is 0 Å². The van der Waals surface area contributed by atoms with E-state index < -0.39 is 0 Å². The van der Waals surface area contributed by atoms with Crippen LogP contribution in [0.4, 0.5) is 0 Å². The molecule has 0 heteroatoms. The van der Waals surface area contributed by atoms with E-state index in [4.69, 9.17) is 0 Å². The normalized spacial score (nSPS) is 84.7. The van der Waals surface area contributed by atoms with E-state index in [2.05, 4.69) is 27.7 Å². The molecule has 0 aromatic heterocycles. The molecule has 0 aliphatic heterocycles. The van der Waals surface area contributed by atoms with Gasteiger partial charge in [0.15, 0.2) is 0 Å². The van der Waals surface area contributed by atoms with Crippen LogP contribution in [0.15, 0.2) is 0 Å². The zero-order chi connectivity index (χ0) is 12.3. The number of hydrogen-bond donors (Lipinski definition) is 0. The molecule has 0 N–H and O–H groups in total. The molecule has 0 nitrogen and oxygen atoms in total. The Labute approximate surface area is 111 Å². The molecule has 0 amide bonds. The summed E-state index contributed by atoms with van der Waals surface area (Å²) in [7, 11) is 0. The lowest BCUT2D eigenvalue weighted by Gasteiger charge is -2.91. The van der Waals surface area contributed by atoms with Gasteiger partial charge in [-0.15, -0.1) is 0 Å². The molecule has 0 aromatic rings. The molecule has 10 atom stereocenters. The molecule has 0 radical (unpaired) electrons. The standard InChI is InChI=1S/C18H26/c1-9-12-6-11-8-15(2)7-10-5-13-14(9)17(4,16(10,13)3)18(11,12)15/h9-14H,5-8H2,1-4H3. The summed E-state index contributed by atoms with van der Waals surface area (Å²) in [5.41, 5.74) is 3.12. The van der Waals surface area contributed by atoms with Crippen molar-refractivity contribution >= 4 is 0 Å². The summed E-state index contributed by atoms with van der Waals surface area (Å²) < 4.78 is 0. The van der Waals surface area contributed by atoms with Gasteiger partial charge in [0, 0.05) is 0 Å². The second kappa shape index (κ2) is 2.06. The third-order valence-corrected chi connectivity index (χ3v) is 10.6. The van der Waals surface area contributed by atoms with Crippen LogP contribution in [0.5, 0.6) is 0 Å². The fourth-order valence-corrected chi connectivity index (χ4v) is 10.5. The maximum absolute atomic E-state index is 2.76. The topological polar surface area (TPSA) is 0 Å². The van der Waals surface area contributed by atoms with Crippen LogP contribution in [0.25, 0.3) is 0 Å². The van der Waals surface area contributed by atoms with E-state index in [1.165, 1.54) is 0 Å². The maximum Gasteiger partial charge on any atom is -0.0122 e. The molecule has 6 rings (SSSR count). The van der Waals surface area contributed by atoms with Crippen LogP contribution in [-0.4, -0.2) is 0 Å². The van der Waals surface area contributed by atoms with E-state index in [0.717, 1.165) is 57.2 Å². The van der Waals surface area contributed by atoms with Gasteiger partial charge in [0.25, 0.3) is 0 Å². The van der Waals surface area contributed by atoms with Gasteiger partial charge in [0.2, 0.25) is 0 Å². The lowest BCUT2D eigenvalue weighted by molar-refractivity contribution is -0.440. The molecule has 0 heterocycles. The summed E-state index contributed by atoms with van der Waals surface area (Å²) in [6.45, 7) is 10.8. The van der Waals surface area contributed by atoms with Crippen molar-refractivity contribution in [3.05, 3.63) is 0 Å². The van der Waals surface area contributed by atoms with Crippen LogP contribution >= 0.6 is 0 Å². The number of fused-ring (bicyclic) bond motifs is 1. The van der Waals surface area contributed by atoms with Crippen LogP contribution in [-0.2, 0) is 0 Å². The molecule has 10 unspecified atom stereocenters. The SMILES string of the molecule is CC1C2C3CC4CC5(C)CC6CC1C65C2(C)C43C. The minimum atomic E-state index is 0.756. The van der Waals surface area contributed by atoms with Crippen LogP contribution in [0.1, 0.15) is 53.4 Å². The third-order valence-electron chi connectivity index (χ3n) is 10.6. The number of hydrogen-bond acceptors (Lipinski definition) is 0. The minimum absolute atomic E-state index is 0.756. The summed E-state index contributed by atoms with van der Waals surface area (Å²) in [5, 5.41) is 0. The second-order valence-corrected chi connectivity index (χ2v) is 9.79. The Morgan fingerprint density at radius 3 is 2.28 bits per heavy atom. The van der Waals surface area contributed by atoms with Crippen LogP contribution < -0.4 is 0 Å². The van der Waals surface area contributed by atoms with E-state index in [-0.39, 0.29) is 0 Å². The van der Waals surface area contributed by atoms with E-state index in [1.54, 1.807) is 25.7 Å². The zero-order valence-corrected chi connectivity index (χ0v) is 12.3. The molecule has 0 aromatic carbocycles. The molecule has 6 aliphatic rings. The fraction of sp³-hybridized carbons (Fsp3) is 1.00. The zero-order valence-electron chi connectivity index (χ0n) is 12.3. The molecule has 98 valence electrons. The molecule has 1 spiro atoms. The summed E-state index contributed by atoms with van der Waals surface area (Å²) in [4.78, 5) is 0. The lowest BCUT2D eigenvalue weighted by atomic mass is 9.13. The van der Waals surface area contributed by atoms with Gasteiger partial charge >= 0.3 is 0 Å². The maximum atomic E-state index is 2.76. The first-order valence-electron chi connectivity index (χ1n) is 8.43. The van der Waals surface area contributed by atoms with Crippen LogP contribution in [0, 0.1) is 57.2 Å². The predicted octanol–water partition coefficient (Wildman–Crippen LogP) is 4.35. The molecule has 18 heavy (non-hydrogen) atoms. The van der Waals surface area contributed by atoms with Crippen molar-refractivity contribution in [3.63, 3.8) is 0 Å². The fourth-order valence-electron chi connectivity index (χ4n) is 10.5. The third kappa shape index (κ3) is 0.476. The Kier molecular flexibility index (Phi) is 1.12. The molecular weight excluding hydrogens is 216 g/mol. The summed E-state index contributed by atoms with van der Waals surface area (Å²) in [6.07, 6.45) is 6.40. The highest BCUT2D eigenvalue weighted by atomic mass is 15.0. The summed E-state index contributed by atoms with van der Waals surface area (Å²) in [6, 6.07) is 0. The largest absolute Gasteiger partial charge is 0.0619 e. The van der Waals surface area contributed by atoms with Gasteiger partial charge in [0.05, 0.1) is 0 Å². The van der Waals surface area contributed by atoms with Gasteiger partial charge in [-0.1, -0.05) is 27.7 Å². The Bertz CT molecular complexity index is 502. The molecule has 0 bridgehead atoms. The smallest absolute Gasteiger partial charge is 0.0122 e. The highest BCUT2D eigenvalue weighted by molar-refractivity contribution is 5.43. The summed E-state index contributed by atoms with van der Waals surface area (Å²) in [5.74, 6) is 6.68. The Hall–Kier alpha value is 0. The molecular formula is C18H26. The van der Waals surface area contributed by atoms with Gasteiger partial charge in [-0.2, -0.15) is 0 Å². The van der Waals surface area contributed by atoms with Crippen molar-refractivity contribution in [1.29, 1.82) is 0 Å². The van der Waals surface area contributed by atoms with Crippen molar-refractivity contribution in [2.75, 3.05) is 0 Å². The van der Waals surface area contributed by atoms with Crippen LogP contribution in [0.3, 0.4) is 0 Å². The highest BCUT2D eigenvalue weighted by Crippen LogP contribution is 3.01.